The summed E-state index contributed by atoms with van der Waals surface area (Å²) in [6.45, 7) is 3.27. The molecule has 0 N–H and O–H groups in total. The second-order valence-corrected chi connectivity index (χ2v) is 4.68. The molecule has 0 atom stereocenters. The van der Waals surface area contributed by atoms with E-state index in [-0.39, 0.29) is 0 Å². The zero-order valence-electron chi connectivity index (χ0n) is 11.1. The van der Waals surface area contributed by atoms with Gasteiger partial charge in [0, 0.05) is 11.9 Å². The van der Waals surface area contributed by atoms with Gasteiger partial charge in [0.25, 0.3) is 0 Å². The number of rotatable bonds is 3. The van der Waals surface area contributed by atoms with Crippen LogP contribution in [0.2, 0.25) is 5.02 Å². The van der Waals surface area contributed by atoms with E-state index in [0.29, 0.717) is 22.1 Å². The van der Waals surface area contributed by atoms with E-state index < -0.39 is 5.97 Å². The first-order valence-corrected chi connectivity index (χ1v) is 6.39. The molecule has 4 nitrogen and oxygen atoms in total. The number of benzene rings is 2. The monoisotopic (exact) mass is 288 g/mol. The number of carbonyl (C=O) groups is 1. The van der Waals surface area contributed by atoms with Gasteiger partial charge in [-0.3, -0.25) is 4.79 Å². The first kappa shape index (κ1) is 14.2. The normalized spacial score (nSPS) is 10.8. The molecule has 0 spiro atoms. The molecule has 0 aromatic heterocycles. The summed E-state index contributed by atoms with van der Waals surface area (Å²) < 4.78 is 5.09. The number of ether oxygens (including phenoxy) is 1. The fourth-order valence-corrected chi connectivity index (χ4v) is 1.78. The number of azo groups is 1. The molecule has 0 amide bonds. The summed E-state index contributed by atoms with van der Waals surface area (Å²) in [5, 5.41) is 8.80. The van der Waals surface area contributed by atoms with Gasteiger partial charge in [-0.15, -0.1) is 5.11 Å². The Labute approximate surface area is 122 Å². The van der Waals surface area contributed by atoms with Gasteiger partial charge in [0.2, 0.25) is 0 Å². The first-order chi connectivity index (χ1) is 9.54. The van der Waals surface area contributed by atoms with E-state index in [1.807, 2.05) is 13.0 Å². The van der Waals surface area contributed by atoms with Crippen molar-refractivity contribution >= 4 is 28.9 Å². The van der Waals surface area contributed by atoms with Crippen molar-refractivity contribution in [2.75, 3.05) is 0 Å². The van der Waals surface area contributed by atoms with Gasteiger partial charge in [0.1, 0.15) is 5.69 Å². The summed E-state index contributed by atoms with van der Waals surface area (Å²) in [6.07, 6.45) is 0. The third-order valence-corrected chi connectivity index (χ3v) is 2.68. The van der Waals surface area contributed by atoms with Gasteiger partial charge in [-0.1, -0.05) is 23.7 Å². The molecule has 0 radical (unpaired) electrons. The van der Waals surface area contributed by atoms with Gasteiger partial charge in [0.05, 0.1) is 5.69 Å². The Kier molecular flexibility index (Phi) is 4.48. The quantitative estimate of drug-likeness (QED) is 0.454. The molecule has 0 unspecified atom stereocenters. The average molecular weight is 289 g/mol. The standard InChI is InChI=1S/C15H13ClN2O2/c1-10-6-7-15(20-11(2)19)14(8-10)18-17-13-5-3-4-12(16)9-13/h3-9H,1-2H3. The summed E-state index contributed by atoms with van der Waals surface area (Å²) >= 11 is 5.88. The molecule has 0 saturated carbocycles. The minimum absolute atomic E-state index is 0.383. The minimum Gasteiger partial charge on any atom is -0.424 e. The molecule has 2 rings (SSSR count). The van der Waals surface area contributed by atoms with Crippen LogP contribution >= 0.6 is 11.6 Å². The third-order valence-electron chi connectivity index (χ3n) is 2.45. The number of hydrogen-bond acceptors (Lipinski definition) is 4. The Morgan fingerprint density at radius 2 is 1.95 bits per heavy atom. The highest BCUT2D eigenvalue weighted by Crippen LogP contribution is 2.30. The molecule has 0 bridgehead atoms. The summed E-state index contributed by atoms with van der Waals surface area (Å²) in [5.74, 6) is -0.0121. The van der Waals surface area contributed by atoms with Crippen molar-refractivity contribution < 1.29 is 9.53 Å². The van der Waals surface area contributed by atoms with Gasteiger partial charge in [0.15, 0.2) is 5.75 Å². The maximum Gasteiger partial charge on any atom is 0.308 e. The molecular formula is C15H13ClN2O2. The fraction of sp³-hybridized carbons (Fsp3) is 0.133. The number of aryl methyl sites for hydroxylation is 1. The summed E-state index contributed by atoms with van der Waals surface area (Å²) in [4.78, 5) is 11.1. The van der Waals surface area contributed by atoms with Crippen LogP contribution in [0.4, 0.5) is 11.4 Å². The molecule has 0 aliphatic carbocycles. The molecule has 0 heterocycles. The van der Waals surface area contributed by atoms with Crippen LogP contribution in [-0.4, -0.2) is 5.97 Å². The molecule has 0 fully saturated rings. The van der Waals surface area contributed by atoms with Crippen LogP contribution < -0.4 is 4.74 Å². The smallest absolute Gasteiger partial charge is 0.308 e. The van der Waals surface area contributed by atoms with Crippen molar-refractivity contribution in [3.63, 3.8) is 0 Å². The minimum atomic E-state index is -0.395. The van der Waals surface area contributed by atoms with Crippen molar-refractivity contribution in [1.82, 2.24) is 0 Å². The summed E-state index contributed by atoms with van der Waals surface area (Å²) in [7, 11) is 0. The Hall–Kier alpha value is -2.20. The Morgan fingerprint density at radius 1 is 1.15 bits per heavy atom. The second-order valence-electron chi connectivity index (χ2n) is 4.24. The van der Waals surface area contributed by atoms with Gasteiger partial charge < -0.3 is 4.74 Å². The molecule has 102 valence electrons. The number of carbonyl (C=O) groups excluding carboxylic acids is 1. The predicted octanol–water partition coefficient (Wildman–Crippen LogP) is 4.99. The largest absolute Gasteiger partial charge is 0.424 e. The predicted molar refractivity (Wildman–Crippen MR) is 78.1 cm³/mol. The lowest BCUT2D eigenvalue weighted by atomic mass is 10.2. The second kappa shape index (κ2) is 6.30. The van der Waals surface area contributed by atoms with Crippen LogP contribution in [0.5, 0.6) is 5.75 Å². The molecule has 2 aromatic rings. The van der Waals surface area contributed by atoms with Gasteiger partial charge in [-0.05, 0) is 42.8 Å². The van der Waals surface area contributed by atoms with Crippen molar-refractivity contribution in [3.8, 4) is 5.75 Å². The Morgan fingerprint density at radius 3 is 2.65 bits per heavy atom. The van der Waals surface area contributed by atoms with Crippen LogP contribution in [-0.2, 0) is 4.79 Å². The maximum atomic E-state index is 11.1. The molecular weight excluding hydrogens is 276 g/mol. The molecule has 2 aromatic carbocycles. The number of hydrogen-bond donors (Lipinski definition) is 0. The zero-order chi connectivity index (χ0) is 14.5. The van der Waals surface area contributed by atoms with Crippen molar-refractivity contribution in [3.05, 3.63) is 53.1 Å². The Bertz CT molecular complexity index is 669. The molecule has 0 saturated heterocycles. The lowest BCUT2D eigenvalue weighted by Gasteiger charge is -2.05. The van der Waals surface area contributed by atoms with E-state index in [4.69, 9.17) is 16.3 Å². The lowest BCUT2D eigenvalue weighted by molar-refractivity contribution is -0.131. The molecule has 0 aliphatic heterocycles. The van der Waals surface area contributed by atoms with E-state index in [2.05, 4.69) is 10.2 Å². The van der Waals surface area contributed by atoms with Crippen LogP contribution in [0.15, 0.2) is 52.7 Å². The van der Waals surface area contributed by atoms with Crippen LogP contribution in [0, 0.1) is 6.92 Å². The van der Waals surface area contributed by atoms with E-state index >= 15 is 0 Å². The number of halogens is 1. The SMILES string of the molecule is CC(=O)Oc1ccc(C)cc1N=Nc1cccc(Cl)c1. The van der Waals surface area contributed by atoms with Gasteiger partial charge in [-0.2, -0.15) is 5.11 Å². The highest BCUT2D eigenvalue weighted by molar-refractivity contribution is 6.30. The van der Waals surface area contributed by atoms with E-state index in [1.54, 1.807) is 36.4 Å². The van der Waals surface area contributed by atoms with Gasteiger partial charge >= 0.3 is 5.97 Å². The highest BCUT2D eigenvalue weighted by Gasteiger charge is 2.06. The van der Waals surface area contributed by atoms with Crippen LogP contribution in [0.1, 0.15) is 12.5 Å². The number of esters is 1. The average Bonchev–Trinajstić information content (AvgIpc) is 2.39. The molecule has 5 heteroatoms. The summed E-state index contributed by atoms with van der Waals surface area (Å²) in [6, 6.07) is 12.4. The summed E-state index contributed by atoms with van der Waals surface area (Å²) in [5.41, 5.74) is 2.13. The molecule has 20 heavy (non-hydrogen) atoms. The van der Waals surface area contributed by atoms with Crippen molar-refractivity contribution in [2.45, 2.75) is 13.8 Å². The maximum absolute atomic E-state index is 11.1. The zero-order valence-corrected chi connectivity index (χ0v) is 11.9. The first-order valence-electron chi connectivity index (χ1n) is 6.01. The lowest BCUT2D eigenvalue weighted by Crippen LogP contribution is -2.01. The van der Waals surface area contributed by atoms with E-state index in [9.17, 15) is 4.79 Å². The highest BCUT2D eigenvalue weighted by atomic mass is 35.5. The topological polar surface area (TPSA) is 51.0 Å². The van der Waals surface area contributed by atoms with Crippen LogP contribution in [0.25, 0.3) is 0 Å². The number of nitrogens with zero attached hydrogens (tertiary/aromatic N) is 2. The third kappa shape index (κ3) is 3.90. The van der Waals surface area contributed by atoms with Crippen LogP contribution in [0.3, 0.4) is 0 Å². The van der Waals surface area contributed by atoms with Crippen molar-refractivity contribution in [1.29, 1.82) is 0 Å². The fourth-order valence-electron chi connectivity index (χ4n) is 1.60. The Balaban J connectivity index is 2.32. The molecule has 0 aliphatic rings. The van der Waals surface area contributed by atoms with Crippen molar-refractivity contribution in [2.24, 2.45) is 10.2 Å². The van der Waals surface area contributed by atoms with E-state index in [0.717, 1.165) is 5.56 Å². The van der Waals surface area contributed by atoms with Gasteiger partial charge in [-0.25, -0.2) is 0 Å². The van der Waals surface area contributed by atoms with E-state index in [1.165, 1.54) is 6.92 Å².